The zero-order chi connectivity index (χ0) is 18.0. The first-order valence-electron chi connectivity index (χ1n) is 7.78. The van der Waals surface area contributed by atoms with E-state index in [1.165, 1.54) is 7.11 Å². The number of aromatic nitrogens is 3. The molecule has 9 heteroatoms. The minimum atomic E-state index is -0.753. The second kappa shape index (κ2) is 6.89. The average Bonchev–Trinajstić information content (AvgIpc) is 2.56. The summed E-state index contributed by atoms with van der Waals surface area (Å²) in [6.07, 6.45) is 3.83. The van der Waals surface area contributed by atoms with E-state index in [9.17, 15) is 19.5 Å². The Labute approximate surface area is 142 Å². The van der Waals surface area contributed by atoms with Gasteiger partial charge in [0.25, 0.3) is 11.5 Å². The fourth-order valence-corrected chi connectivity index (χ4v) is 2.90. The molecule has 9 nitrogen and oxygen atoms in total. The van der Waals surface area contributed by atoms with Gasteiger partial charge >= 0.3 is 5.69 Å². The number of amides is 1. The van der Waals surface area contributed by atoms with Gasteiger partial charge in [0.2, 0.25) is 0 Å². The standard InChI is InChI=1S/C16H18N4O5/c1-25-11-4-9(6-17-7-11)14(8-2-10(21)3-8)20-15(23)12-5-13(22)19-16(24)18-12/h4-8,10,14,21H,2-3H2,1H3,(H,20,23)(H2,18,19,22,24). The van der Waals surface area contributed by atoms with Crippen molar-refractivity contribution in [3.63, 3.8) is 0 Å². The summed E-state index contributed by atoms with van der Waals surface area (Å²) in [5.41, 5.74) is -0.824. The molecular formula is C16H18N4O5. The number of nitrogens with zero attached hydrogens (tertiary/aromatic N) is 1. The molecule has 1 aliphatic carbocycles. The van der Waals surface area contributed by atoms with Gasteiger partial charge in [0.15, 0.2) is 0 Å². The van der Waals surface area contributed by atoms with E-state index >= 15 is 0 Å². The monoisotopic (exact) mass is 346 g/mol. The lowest BCUT2D eigenvalue weighted by Crippen LogP contribution is -2.42. The summed E-state index contributed by atoms with van der Waals surface area (Å²) in [7, 11) is 1.52. The average molecular weight is 346 g/mol. The Bertz CT molecular complexity index is 856. The van der Waals surface area contributed by atoms with Gasteiger partial charge in [0.05, 0.1) is 25.5 Å². The van der Waals surface area contributed by atoms with Crippen molar-refractivity contribution < 1.29 is 14.6 Å². The number of aliphatic hydroxyl groups is 1. The number of aliphatic hydroxyl groups excluding tert-OH is 1. The van der Waals surface area contributed by atoms with E-state index in [0.29, 0.717) is 18.6 Å². The highest BCUT2D eigenvalue weighted by Gasteiger charge is 2.36. The Kier molecular flexibility index (Phi) is 4.66. The molecule has 0 aliphatic heterocycles. The molecule has 1 fully saturated rings. The van der Waals surface area contributed by atoms with Gasteiger partial charge in [-0.1, -0.05) is 0 Å². The molecule has 1 unspecified atom stereocenters. The van der Waals surface area contributed by atoms with E-state index in [2.05, 4.69) is 15.3 Å². The number of hydrogen-bond donors (Lipinski definition) is 4. The number of H-pyrrole nitrogens is 2. The zero-order valence-electron chi connectivity index (χ0n) is 13.5. The Morgan fingerprint density at radius 2 is 2.08 bits per heavy atom. The van der Waals surface area contributed by atoms with Crippen LogP contribution in [0, 0.1) is 5.92 Å². The third-order valence-electron chi connectivity index (χ3n) is 4.24. The largest absolute Gasteiger partial charge is 0.495 e. The molecule has 1 saturated carbocycles. The minimum absolute atomic E-state index is 0.0153. The Hall–Kier alpha value is -2.94. The lowest BCUT2D eigenvalue weighted by molar-refractivity contribution is 0.0234. The van der Waals surface area contributed by atoms with Gasteiger partial charge in [-0.2, -0.15) is 0 Å². The lowest BCUT2D eigenvalue weighted by atomic mass is 9.75. The van der Waals surface area contributed by atoms with Gasteiger partial charge in [0.1, 0.15) is 11.4 Å². The summed E-state index contributed by atoms with van der Waals surface area (Å²) in [5.74, 6) is -0.0276. The molecule has 2 heterocycles. The van der Waals surface area contributed by atoms with Crippen LogP contribution in [0.4, 0.5) is 0 Å². The van der Waals surface area contributed by atoms with Gasteiger partial charge in [0, 0.05) is 12.3 Å². The maximum Gasteiger partial charge on any atom is 0.326 e. The van der Waals surface area contributed by atoms with Gasteiger partial charge in [-0.25, -0.2) is 4.79 Å². The van der Waals surface area contributed by atoms with Gasteiger partial charge in [-0.05, 0) is 30.4 Å². The SMILES string of the molecule is COc1cncc(C(NC(=O)c2cc(=O)[nH]c(=O)[nH]2)C2CC(O)C2)c1. The number of rotatable bonds is 5. The topological polar surface area (TPSA) is 137 Å². The van der Waals surface area contributed by atoms with Crippen LogP contribution in [-0.4, -0.2) is 39.2 Å². The molecule has 3 rings (SSSR count). The summed E-state index contributed by atoms with van der Waals surface area (Å²) in [6, 6.07) is 2.34. The highest BCUT2D eigenvalue weighted by molar-refractivity contribution is 5.92. The highest BCUT2D eigenvalue weighted by Crippen LogP contribution is 2.38. The van der Waals surface area contributed by atoms with Crippen molar-refractivity contribution in [2.75, 3.05) is 7.11 Å². The van der Waals surface area contributed by atoms with Crippen molar-refractivity contribution in [2.45, 2.75) is 25.0 Å². The molecule has 1 amide bonds. The molecule has 2 aromatic rings. The molecule has 0 radical (unpaired) electrons. The molecule has 2 aromatic heterocycles. The zero-order valence-corrected chi connectivity index (χ0v) is 13.5. The Balaban J connectivity index is 1.88. The second-order valence-corrected chi connectivity index (χ2v) is 6.00. The normalized spacial score (nSPS) is 20.4. The van der Waals surface area contributed by atoms with E-state index in [1.54, 1.807) is 18.5 Å². The lowest BCUT2D eigenvalue weighted by Gasteiger charge is -2.38. The van der Waals surface area contributed by atoms with Crippen LogP contribution >= 0.6 is 0 Å². The van der Waals surface area contributed by atoms with Gasteiger partial charge in [-0.3, -0.25) is 19.6 Å². The first-order valence-corrected chi connectivity index (χ1v) is 7.78. The van der Waals surface area contributed by atoms with Crippen LogP contribution in [0.15, 0.2) is 34.1 Å². The molecular weight excluding hydrogens is 328 g/mol. The molecule has 1 atom stereocenters. The number of pyridine rings is 1. The number of carbonyl (C=O) groups is 1. The molecule has 4 N–H and O–H groups in total. The number of aromatic amines is 2. The van der Waals surface area contributed by atoms with Crippen LogP contribution in [0.5, 0.6) is 5.75 Å². The van der Waals surface area contributed by atoms with Crippen LogP contribution in [-0.2, 0) is 0 Å². The van der Waals surface area contributed by atoms with Gasteiger partial charge in [-0.15, -0.1) is 0 Å². The third kappa shape index (κ3) is 3.77. The quantitative estimate of drug-likeness (QED) is 0.587. The van der Waals surface area contributed by atoms with Crippen molar-refractivity contribution in [3.8, 4) is 5.75 Å². The first kappa shape index (κ1) is 16.9. The van der Waals surface area contributed by atoms with Crippen LogP contribution in [0.3, 0.4) is 0 Å². The fourth-order valence-electron chi connectivity index (χ4n) is 2.90. The number of nitrogens with one attached hydrogen (secondary N) is 3. The van der Waals surface area contributed by atoms with E-state index < -0.39 is 29.3 Å². The molecule has 132 valence electrons. The molecule has 1 aliphatic rings. The van der Waals surface area contributed by atoms with Crippen LogP contribution < -0.4 is 21.3 Å². The summed E-state index contributed by atoms with van der Waals surface area (Å²) >= 11 is 0. The van der Waals surface area contributed by atoms with Crippen molar-refractivity contribution in [1.82, 2.24) is 20.3 Å². The van der Waals surface area contributed by atoms with Crippen molar-refractivity contribution in [2.24, 2.45) is 5.92 Å². The van der Waals surface area contributed by atoms with Crippen molar-refractivity contribution in [1.29, 1.82) is 0 Å². The maximum atomic E-state index is 12.5. The molecule has 0 aromatic carbocycles. The first-order chi connectivity index (χ1) is 12.0. The number of hydrogen-bond acceptors (Lipinski definition) is 6. The highest BCUT2D eigenvalue weighted by atomic mass is 16.5. The molecule has 0 saturated heterocycles. The third-order valence-corrected chi connectivity index (χ3v) is 4.24. The minimum Gasteiger partial charge on any atom is -0.495 e. The number of methoxy groups -OCH3 is 1. The maximum absolute atomic E-state index is 12.5. The molecule has 0 spiro atoms. The van der Waals surface area contributed by atoms with Crippen LogP contribution in [0.25, 0.3) is 0 Å². The second-order valence-electron chi connectivity index (χ2n) is 6.00. The van der Waals surface area contributed by atoms with E-state index in [4.69, 9.17) is 4.74 Å². The Morgan fingerprint density at radius 1 is 1.32 bits per heavy atom. The smallest absolute Gasteiger partial charge is 0.326 e. The Morgan fingerprint density at radius 3 is 2.72 bits per heavy atom. The van der Waals surface area contributed by atoms with E-state index in [1.807, 2.05) is 4.98 Å². The summed E-state index contributed by atoms with van der Waals surface area (Å²) in [5, 5.41) is 12.4. The fraction of sp³-hybridized carbons (Fsp3) is 0.375. The summed E-state index contributed by atoms with van der Waals surface area (Å²) < 4.78 is 5.16. The molecule has 0 bridgehead atoms. The van der Waals surface area contributed by atoms with Crippen molar-refractivity contribution >= 4 is 5.91 Å². The van der Waals surface area contributed by atoms with Gasteiger partial charge < -0.3 is 20.1 Å². The van der Waals surface area contributed by atoms with Crippen molar-refractivity contribution in [3.05, 3.63) is 56.6 Å². The van der Waals surface area contributed by atoms with Crippen LogP contribution in [0.2, 0.25) is 0 Å². The van der Waals surface area contributed by atoms with E-state index in [-0.39, 0.29) is 11.6 Å². The predicted octanol–water partition coefficient (Wildman–Crippen LogP) is -0.291. The predicted molar refractivity (Wildman–Crippen MR) is 87.4 cm³/mol. The molecule has 25 heavy (non-hydrogen) atoms. The number of ether oxygens (including phenoxy) is 1. The van der Waals surface area contributed by atoms with E-state index in [0.717, 1.165) is 11.6 Å². The summed E-state index contributed by atoms with van der Waals surface area (Å²) in [4.78, 5) is 43.6. The summed E-state index contributed by atoms with van der Waals surface area (Å²) in [6.45, 7) is 0. The van der Waals surface area contributed by atoms with Crippen LogP contribution in [0.1, 0.15) is 34.9 Å². The number of carbonyl (C=O) groups excluding carboxylic acids is 1.